The minimum atomic E-state index is -0.160. The maximum atomic E-state index is 11.8. The van der Waals surface area contributed by atoms with Crippen LogP contribution in [0.4, 0.5) is 0 Å². The number of likely N-dealkylation sites (N-methyl/N-ethyl adjacent to an activating group) is 1. The van der Waals surface area contributed by atoms with Gasteiger partial charge in [0.25, 0.3) is 0 Å². The normalized spacial score (nSPS) is 19.3. The van der Waals surface area contributed by atoms with Crippen LogP contribution in [0.5, 0.6) is 0 Å². The van der Waals surface area contributed by atoms with Crippen molar-refractivity contribution in [2.24, 2.45) is 5.92 Å². The lowest BCUT2D eigenvalue weighted by Gasteiger charge is -2.33. The van der Waals surface area contributed by atoms with Crippen LogP contribution in [0.15, 0.2) is 30.3 Å². The highest BCUT2D eigenvalue weighted by Gasteiger charge is 2.27. The molecule has 2 rings (SSSR count). The zero-order chi connectivity index (χ0) is 14.4. The molecule has 2 unspecified atom stereocenters. The van der Waals surface area contributed by atoms with Gasteiger partial charge in [0.15, 0.2) is 0 Å². The quantitative estimate of drug-likeness (QED) is 0.866. The van der Waals surface area contributed by atoms with E-state index in [0.717, 1.165) is 0 Å². The molecule has 0 heterocycles. The molecule has 1 aromatic rings. The summed E-state index contributed by atoms with van der Waals surface area (Å²) in [7, 11) is 1.69. The van der Waals surface area contributed by atoms with E-state index in [2.05, 4.69) is 34.9 Å². The highest BCUT2D eigenvalue weighted by Crippen LogP contribution is 2.34. The van der Waals surface area contributed by atoms with Crippen LogP contribution in [0, 0.1) is 5.92 Å². The van der Waals surface area contributed by atoms with Gasteiger partial charge < -0.3 is 5.32 Å². The van der Waals surface area contributed by atoms with Gasteiger partial charge >= 0.3 is 0 Å². The fourth-order valence-corrected chi connectivity index (χ4v) is 3.19. The van der Waals surface area contributed by atoms with Gasteiger partial charge in [-0.2, -0.15) is 0 Å². The molecule has 3 heteroatoms. The van der Waals surface area contributed by atoms with Crippen molar-refractivity contribution in [3.8, 4) is 0 Å². The molecule has 1 aliphatic carbocycles. The average Bonchev–Trinajstić information content (AvgIpc) is 2.53. The first kappa shape index (κ1) is 15.0. The van der Waals surface area contributed by atoms with E-state index in [0.29, 0.717) is 5.92 Å². The van der Waals surface area contributed by atoms with Crippen molar-refractivity contribution in [3.63, 3.8) is 0 Å². The molecule has 0 saturated heterocycles. The number of rotatable bonds is 5. The lowest BCUT2D eigenvalue weighted by atomic mass is 9.81. The van der Waals surface area contributed by atoms with Crippen LogP contribution >= 0.6 is 0 Å². The summed E-state index contributed by atoms with van der Waals surface area (Å²) in [5, 5.41) is 6.26. The number of carbonyl (C=O) groups excluding carboxylic acids is 1. The molecule has 0 aromatic heterocycles. The fraction of sp³-hybridized carbons (Fsp3) is 0.588. The van der Waals surface area contributed by atoms with Gasteiger partial charge in [-0.1, -0.05) is 49.6 Å². The van der Waals surface area contributed by atoms with Gasteiger partial charge in [0.2, 0.25) is 5.91 Å². The van der Waals surface area contributed by atoms with Crippen molar-refractivity contribution in [3.05, 3.63) is 35.9 Å². The summed E-state index contributed by atoms with van der Waals surface area (Å²) in [5.74, 6) is 0.694. The Kier molecular flexibility index (Phi) is 5.60. The van der Waals surface area contributed by atoms with Crippen LogP contribution in [0.25, 0.3) is 0 Å². The van der Waals surface area contributed by atoms with Gasteiger partial charge in [-0.3, -0.25) is 10.1 Å². The molecular weight excluding hydrogens is 248 g/mol. The minimum Gasteiger partial charge on any atom is -0.358 e. The first-order valence-corrected chi connectivity index (χ1v) is 7.75. The van der Waals surface area contributed by atoms with E-state index in [4.69, 9.17) is 0 Å². The molecule has 0 spiro atoms. The first-order valence-electron chi connectivity index (χ1n) is 7.75. The predicted molar refractivity (Wildman–Crippen MR) is 82.4 cm³/mol. The van der Waals surface area contributed by atoms with Crippen molar-refractivity contribution >= 4 is 5.91 Å². The van der Waals surface area contributed by atoms with Crippen LogP contribution in [0.2, 0.25) is 0 Å². The summed E-state index contributed by atoms with van der Waals surface area (Å²) in [6.07, 6.45) is 6.48. The zero-order valence-electron chi connectivity index (χ0n) is 12.6. The number of hydrogen-bond acceptors (Lipinski definition) is 2. The lowest BCUT2D eigenvalue weighted by molar-refractivity contribution is -0.122. The molecule has 20 heavy (non-hydrogen) atoms. The molecule has 1 aromatic carbocycles. The van der Waals surface area contributed by atoms with Gasteiger partial charge in [-0.15, -0.1) is 0 Å². The third-order valence-corrected chi connectivity index (χ3v) is 4.35. The fourth-order valence-electron chi connectivity index (χ4n) is 3.19. The highest BCUT2D eigenvalue weighted by atomic mass is 16.2. The first-order chi connectivity index (χ1) is 9.72. The highest BCUT2D eigenvalue weighted by molar-refractivity contribution is 5.81. The Hall–Kier alpha value is -1.35. The number of nitrogens with one attached hydrogen (secondary N) is 2. The minimum absolute atomic E-state index is 0.0572. The van der Waals surface area contributed by atoms with Gasteiger partial charge in [-0.25, -0.2) is 0 Å². The van der Waals surface area contributed by atoms with E-state index in [1.807, 2.05) is 13.0 Å². The molecular formula is C17H26N2O. The zero-order valence-corrected chi connectivity index (χ0v) is 12.6. The van der Waals surface area contributed by atoms with Crippen LogP contribution in [-0.4, -0.2) is 19.0 Å². The molecule has 2 atom stereocenters. The second-order valence-corrected chi connectivity index (χ2v) is 5.79. The SMILES string of the molecule is CNC(=O)C(C)NC(c1ccccc1)C1CCCCC1. The third kappa shape index (κ3) is 3.83. The Labute approximate surface area is 122 Å². The largest absolute Gasteiger partial charge is 0.358 e. The molecule has 0 radical (unpaired) electrons. The molecule has 1 amide bonds. The molecule has 1 aliphatic rings. The topological polar surface area (TPSA) is 41.1 Å². The summed E-state index contributed by atoms with van der Waals surface area (Å²) in [6, 6.07) is 10.7. The number of carbonyl (C=O) groups is 1. The maximum absolute atomic E-state index is 11.8. The van der Waals surface area contributed by atoms with Crippen molar-refractivity contribution in [1.29, 1.82) is 0 Å². The molecule has 3 nitrogen and oxygen atoms in total. The Morgan fingerprint density at radius 2 is 1.80 bits per heavy atom. The van der Waals surface area contributed by atoms with Crippen molar-refractivity contribution in [2.45, 2.75) is 51.1 Å². The summed E-state index contributed by atoms with van der Waals surface area (Å²) in [5.41, 5.74) is 1.30. The van der Waals surface area contributed by atoms with E-state index in [1.165, 1.54) is 37.7 Å². The van der Waals surface area contributed by atoms with Crippen LogP contribution in [-0.2, 0) is 4.79 Å². The van der Waals surface area contributed by atoms with Crippen molar-refractivity contribution < 1.29 is 4.79 Å². The number of amides is 1. The van der Waals surface area contributed by atoms with Crippen molar-refractivity contribution in [2.75, 3.05) is 7.05 Å². The van der Waals surface area contributed by atoms with Gasteiger partial charge in [0.05, 0.1) is 6.04 Å². The second kappa shape index (κ2) is 7.44. The average molecular weight is 274 g/mol. The molecule has 1 fully saturated rings. The van der Waals surface area contributed by atoms with Crippen LogP contribution < -0.4 is 10.6 Å². The molecule has 1 saturated carbocycles. The Morgan fingerprint density at radius 3 is 2.40 bits per heavy atom. The Balaban J connectivity index is 2.13. The van der Waals surface area contributed by atoms with E-state index in [-0.39, 0.29) is 18.0 Å². The lowest BCUT2D eigenvalue weighted by Crippen LogP contribution is -2.44. The molecule has 2 N–H and O–H groups in total. The van der Waals surface area contributed by atoms with Gasteiger partial charge in [-0.05, 0) is 31.2 Å². The maximum Gasteiger partial charge on any atom is 0.236 e. The summed E-state index contributed by atoms with van der Waals surface area (Å²) >= 11 is 0. The molecule has 0 aliphatic heterocycles. The number of hydrogen-bond donors (Lipinski definition) is 2. The summed E-state index contributed by atoms with van der Waals surface area (Å²) < 4.78 is 0. The Bertz CT molecular complexity index is 412. The monoisotopic (exact) mass is 274 g/mol. The smallest absolute Gasteiger partial charge is 0.236 e. The van der Waals surface area contributed by atoms with Crippen LogP contribution in [0.3, 0.4) is 0 Å². The number of benzene rings is 1. The summed E-state index contributed by atoms with van der Waals surface area (Å²) in [6.45, 7) is 1.94. The summed E-state index contributed by atoms with van der Waals surface area (Å²) in [4.78, 5) is 11.8. The second-order valence-electron chi connectivity index (χ2n) is 5.79. The van der Waals surface area contributed by atoms with Crippen molar-refractivity contribution in [1.82, 2.24) is 10.6 Å². The third-order valence-electron chi connectivity index (χ3n) is 4.35. The molecule has 110 valence electrons. The van der Waals surface area contributed by atoms with E-state index < -0.39 is 0 Å². The van der Waals surface area contributed by atoms with Gasteiger partial charge in [0.1, 0.15) is 0 Å². The predicted octanol–water partition coefficient (Wildman–Crippen LogP) is 3.03. The standard InChI is InChI=1S/C17H26N2O/c1-13(17(20)18-2)19-16(14-9-5-3-6-10-14)15-11-7-4-8-12-15/h3,5-6,9-10,13,15-16,19H,4,7-8,11-12H2,1-2H3,(H,18,20). The van der Waals surface area contributed by atoms with E-state index >= 15 is 0 Å². The Morgan fingerprint density at radius 1 is 1.15 bits per heavy atom. The van der Waals surface area contributed by atoms with E-state index in [1.54, 1.807) is 7.05 Å². The molecule has 0 bridgehead atoms. The van der Waals surface area contributed by atoms with Crippen LogP contribution in [0.1, 0.15) is 50.6 Å². The van der Waals surface area contributed by atoms with E-state index in [9.17, 15) is 4.79 Å². The van der Waals surface area contributed by atoms with Gasteiger partial charge in [0, 0.05) is 13.1 Å².